The lowest BCUT2D eigenvalue weighted by molar-refractivity contribution is 0.262. The minimum absolute atomic E-state index is 0.871. The third-order valence-corrected chi connectivity index (χ3v) is 8.32. The van der Waals surface area contributed by atoms with Gasteiger partial charge < -0.3 is 19.6 Å². The highest BCUT2D eigenvalue weighted by atomic mass is 15.3. The van der Waals surface area contributed by atoms with Crippen molar-refractivity contribution in [3.8, 4) is 0 Å². The normalized spacial score (nSPS) is 30.8. The second kappa shape index (κ2) is 8.48. The Bertz CT molecular complexity index is 757. The second-order valence-corrected chi connectivity index (χ2v) is 10.4. The molecule has 0 radical (unpaired) electrons. The molecule has 0 aromatic heterocycles. The van der Waals surface area contributed by atoms with Gasteiger partial charge in [-0.3, -0.25) is 0 Å². The van der Waals surface area contributed by atoms with E-state index in [1.54, 1.807) is 0 Å². The smallest absolute Gasteiger partial charge is 0.0366 e. The number of nitrogens with zero attached hydrogens (tertiary/aromatic N) is 4. The first-order chi connectivity index (χ1) is 15.3. The molecule has 6 rings (SSSR count). The highest BCUT2D eigenvalue weighted by Crippen LogP contribution is 2.35. The number of para-hydroxylation sites is 2. The van der Waals surface area contributed by atoms with Crippen molar-refractivity contribution in [1.29, 1.82) is 0 Å². The zero-order valence-corrected chi connectivity index (χ0v) is 18.6. The third kappa shape index (κ3) is 4.08. The summed E-state index contributed by atoms with van der Waals surface area (Å²) in [5.74, 6) is 3.48. The highest BCUT2D eigenvalue weighted by molar-refractivity contribution is 5.48. The van der Waals surface area contributed by atoms with Gasteiger partial charge >= 0.3 is 0 Å². The van der Waals surface area contributed by atoms with E-state index in [-0.39, 0.29) is 0 Å². The molecule has 4 fully saturated rings. The zero-order chi connectivity index (χ0) is 20.6. The van der Waals surface area contributed by atoms with Crippen molar-refractivity contribution in [2.24, 2.45) is 23.7 Å². The SMILES string of the molecule is c1ccc(N2CC3CN(CCCN4CC5CN(c6ccccc6)CC5C4)CC3C2)cc1. The number of hydrogen-bond acceptors (Lipinski definition) is 4. The average molecular weight is 417 g/mol. The molecule has 31 heavy (non-hydrogen) atoms. The van der Waals surface area contributed by atoms with Crippen LogP contribution < -0.4 is 9.80 Å². The van der Waals surface area contributed by atoms with Crippen molar-refractivity contribution in [3.05, 3.63) is 60.7 Å². The van der Waals surface area contributed by atoms with Crippen molar-refractivity contribution in [1.82, 2.24) is 9.80 Å². The van der Waals surface area contributed by atoms with E-state index in [0.717, 1.165) is 23.7 Å². The molecule has 0 bridgehead atoms. The van der Waals surface area contributed by atoms with Gasteiger partial charge in [0.2, 0.25) is 0 Å². The van der Waals surface area contributed by atoms with Gasteiger partial charge in [-0.05, 0) is 67.4 Å². The standard InChI is InChI=1S/C27H36N4/c1-3-8-26(9-4-1)30-18-22-14-28(15-23(22)19-30)12-7-13-29-16-24-20-31(21-25(24)17-29)27-10-5-2-6-11-27/h1-6,8-11,22-25H,7,12-21H2. The monoisotopic (exact) mass is 416 g/mol. The van der Waals surface area contributed by atoms with Gasteiger partial charge in [0.05, 0.1) is 0 Å². The number of fused-ring (bicyclic) bond motifs is 2. The van der Waals surface area contributed by atoms with Crippen molar-refractivity contribution in [2.45, 2.75) is 6.42 Å². The molecule has 4 heterocycles. The minimum atomic E-state index is 0.871. The Balaban J connectivity index is 0.918. The van der Waals surface area contributed by atoms with Crippen LogP contribution in [-0.2, 0) is 0 Å². The first-order valence-corrected chi connectivity index (χ1v) is 12.4. The Morgan fingerprint density at radius 3 is 1.19 bits per heavy atom. The second-order valence-electron chi connectivity index (χ2n) is 10.4. The van der Waals surface area contributed by atoms with E-state index >= 15 is 0 Å². The fourth-order valence-electron chi connectivity index (χ4n) is 6.76. The van der Waals surface area contributed by atoms with Crippen molar-refractivity contribution in [2.75, 3.05) is 75.2 Å². The molecule has 164 valence electrons. The quantitative estimate of drug-likeness (QED) is 0.714. The van der Waals surface area contributed by atoms with Gasteiger partial charge in [0.1, 0.15) is 0 Å². The average Bonchev–Trinajstić information content (AvgIpc) is 3.54. The first-order valence-electron chi connectivity index (χ1n) is 12.4. The lowest BCUT2D eigenvalue weighted by Crippen LogP contribution is -2.33. The highest BCUT2D eigenvalue weighted by Gasteiger charge is 2.41. The largest absolute Gasteiger partial charge is 0.371 e. The van der Waals surface area contributed by atoms with Crippen LogP contribution in [0.1, 0.15) is 6.42 Å². The Morgan fingerprint density at radius 2 is 0.839 bits per heavy atom. The van der Waals surface area contributed by atoms with Gasteiger partial charge in [0.25, 0.3) is 0 Å². The minimum Gasteiger partial charge on any atom is -0.371 e. The topological polar surface area (TPSA) is 13.0 Å². The maximum Gasteiger partial charge on any atom is 0.0366 e. The molecule has 4 unspecified atom stereocenters. The maximum absolute atomic E-state index is 2.76. The van der Waals surface area contributed by atoms with Crippen molar-refractivity contribution >= 4 is 11.4 Å². The molecule has 4 nitrogen and oxygen atoms in total. The molecule has 4 saturated heterocycles. The van der Waals surface area contributed by atoms with Gasteiger partial charge in [-0.25, -0.2) is 0 Å². The Hall–Kier alpha value is -2.04. The molecule has 2 aromatic rings. The number of likely N-dealkylation sites (tertiary alicyclic amines) is 2. The molecule has 4 aliphatic rings. The van der Waals surface area contributed by atoms with E-state index in [4.69, 9.17) is 0 Å². The number of benzene rings is 2. The summed E-state index contributed by atoms with van der Waals surface area (Å²) in [4.78, 5) is 10.7. The zero-order valence-electron chi connectivity index (χ0n) is 18.6. The fraction of sp³-hybridized carbons (Fsp3) is 0.556. The molecule has 0 saturated carbocycles. The summed E-state index contributed by atoms with van der Waals surface area (Å²) in [6.07, 6.45) is 1.34. The van der Waals surface area contributed by atoms with Crippen LogP contribution >= 0.6 is 0 Å². The van der Waals surface area contributed by atoms with E-state index in [1.165, 1.54) is 83.2 Å². The molecule has 0 aliphatic carbocycles. The molecule has 2 aromatic carbocycles. The molecule has 4 heteroatoms. The van der Waals surface area contributed by atoms with E-state index < -0.39 is 0 Å². The number of rotatable bonds is 6. The number of anilines is 2. The van der Waals surface area contributed by atoms with E-state index in [1.807, 2.05) is 0 Å². The molecule has 4 aliphatic heterocycles. The number of hydrogen-bond donors (Lipinski definition) is 0. The first kappa shape index (κ1) is 19.6. The van der Waals surface area contributed by atoms with Crippen LogP contribution in [0.2, 0.25) is 0 Å². The van der Waals surface area contributed by atoms with Gasteiger partial charge in [-0.15, -0.1) is 0 Å². The summed E-state index contributed by atoms with van der Waals surface area (Å²) in [5.41, 5.74) is 2.82. The fourth-order valence-corrected chi connectivity index (χ4v) is 6.76. The van der Waals surface area contributed by atoms with E-state index in [2.05, 4.69) is 80.3 Å². The predicted molar refractivity (Wildman–Crippen MR) is 129 cm³/mol. The van der Waals surface area contributed by atoms with Gasteiger partial charge in [-0.2, -0.15) is 0 Å². The molecule has 0 spiro atoms. The summed E-state index contributed by atoms with van der Waals surface area (Å²) in [7, 11) is 0. The summed E-state index contributed by atoms with van der Waals surface area (Å²) < 4.78 is 0. The van der Waals surface area contributed by atoms with Crippen LogP contribution in [0, 0.1) is 23.7 Å². The molecule has 0 amide bonds. The van der Waals surface area contributed by atoms with Gasteiger partial charge in [-0.1, -0.05) is 36.4 Å². The summed E-state index contributed by atoms with van der Waals surface area (Å²) in [6.45, 7) is 12.8. The van der Waals surface area contributed by atoms with Crippen LogP contribution in [0.5, 0.6) is 0 Å². The lowest BCUT2D eigenvalue weighted by atomic mass is 10.0. The summed E-state index contributed by atoms with van der Waals surface area (Å²) in [6, 6.07) is 22.0. The van der Waals surface area contributed by atoms with Gasteiger partial charge in [0, 0.05) is 63.7 Å². The van der Waals surface area contributed by atoms with Crippen LogP contribution in [0.25, 0.3) is 0 Å². The van der Waals surface area contributed by atoms with Crippen LogP contribution in [0.3, 0.4) is 0 Å². The molecule has 0 N–H and O–H groups in total. The van der Waals surface area contributed by atoms with Gasteiger partial charge in [0.15, 0.2) is 0 Å². The summed E-state index contributed by atoms with van der Waals surface area (Å²) >= 11 is 0. The lowest BCUT2D eigenvalue weighted by Gasteiger charge is -2.25. The molecule has 4 atom stereocenters. The third-order valence-electron chi connectivity index (χ3n) is 8.32. The molecular weight excluding hydrogens is 380 g/mol. The van der Waals surface area contributed by atoms with Crippen molar-refractivity contribution < 1.29 is 0 Å². The van der Waals surface area contributed by atoms with Crippen LogP contribution in [-0.4, -0.2) is 75.2 Å². The van der Waals surface area contributed by atoms with Crippen LogP contribution in [0.4, 0.5) is 11.4 Å². The van der Waals surface area contributed by atoms with E-state index in [9.17, 15) is 0 Å². The Labute approximate surface area is 187 Å². The van der Waals surface area contributed by atoms with Crippen molar-refractivity contribution in [3.63, 3.8) is 0 Å². The maximum atomic E-state index is 2.76. The van der Waals surface area contributed by atoms with E-state index in [0.29, 0.717) is 0 Å². The predicted octanol–water partition coefficient (Wildman–Crippen LogP) is 3.51. The molecular formula is C27H36N4. The Kier molecular flexibility index (Phi) is 5.37. The van der Waals surface area contributed by atoms with Crippen LogP contribution in [0.15, 0.2) is 60.7 Å². The summed E-state index contributed by atoms with van der Waals surface area (Å²) in [5, 5.41) is 0. The Morgan fingerprint density at radius 1 is 0.484 bits per heavy atom.